The van der Waals surface area contributed by atoms with Crippen molar-refractivity contribution in [2.75, 3.05) is 33.1 Å². The summed E-state index contributed by atoms with van der Waals surface area (Å²) in [5.74, 6) is -0.321. The van der Waals surface area contributed by atoms with Crippen LogP contribution in [-0.2, 0) is 11.2 Å². The molecule has 0 spiro atoms. The third-order valence-corrected chi connectivity index (χ3v) is 3.43. The smallest absolute Gasteiger partial charge is 0.337 e. The largest absolute Gasteiger partial charge is 0.465 e. The average molecular weight is 298 g/mol. The summed E-state index contributed by atoms with van der Waals surface area (Å²) in [4.78, 5) is 13.6. The van der Waals surface area contributed by atoms with Crippen molar-refractivity contribution in [1.82, 2.24) is 4.90 Å². The molecule has 4 nitrogen and oxygen atoms in total. The number of rotatable bonds is 6. The second kappa shape index (κ2) is 7.61. The maximum atomic E-state index is 11.4. The number of hydrogen-bond acceptors (Lipinski definition) is 4. The fourth-order valence-electron chi connectivity index (χ4n) is 2.17. The van der Waals surface area contributed by atoms with Crippen LogP contribution in [0.25, 0.3) is 0 Å². The van der Waals surface area contributed by atoms with Crippen molar-refractivity contribution in [3.63, 3.8) is 0 Å². The van der Waals surface area contributed by atoms with Crippen LogP contribution in [0, 0.1) is 0 Å². The number of benzene rings is 2. The van der Waals surface area contributed by atoms with Crippen LogP contribution >= 0.6 is 0 Å². The topological polar surface area (TPSA) is 41.6 Å². The molecule has 22 heavy (non-hydrogen) atoms. The Hall–Kier alpha value is -2.33. The first-order chi connectivity index (χ1) is 10.6. The lowest BCUT2D eigenvalue weighted by atomic mass is 10.1. The van der Waals surface area contributed by atoms with Gasteiger partial charge in [-0.25, -0.2) is 4.79 Å². The molecular formula is C18H22N2O2. The molecule has 1 N–H and O–H groups in total. The Bertz CT molecular complexity index is 621. The van der Waals surface area contributed by atoms with Gasteiger partial charge in [0.15, 0.2) is 0 Å². The molecule has 0 aromatic heterocycles. The molecule has 2 rings (SSSR count). The van der Waals surface area contributed by atoms with Crippen LogP contribution in [0.2, 0.25) is 0 Å². The van der Waals surface area contributed by atoms with Crippen molar-refractivity contribution >= 4 is 17.3 Å². The van der Waals surface area contributed by atoms with E-state index in [1.54, 1.807) is 12.1 Å². The first-order valence-corrected chi connectivity index (χ1v) is 7.28. The highest BCUT2D eigenvalue weighted by Gasteiger charge is 2.06. The number of anilines is 2. The number of para-hydroxylation sites is 1. The van der Waals surface area contributed by atoms with E-state index in [0.29, 0.717) is 5.56 Å². The van der Waals surface area contributed by atoms with Gasteiger partial charge in [-0.3, -0.25) is 0 Å². The van der Waals surface area contributed by atoms with Crippen LogP contribution < -0.4 is 5.32 Å². The molecule has 0 fully saturated rings. The average Bonchev–Trinajstić information content (AvgIpc) is 2.54. The Morgan fingerprint density at radius 1 is 1.09 bits per heavy atom. The van der Waals surface area contributed by atoms with Gasteiger partial charge >= 0.3 is 5.97 Å². The molecule has 0 bridgehead atoms. The van der Waals surface area contributed by atoms with Crippen molar-refractivity contribution in [3.8, 4) is 0 Å². The van der Waals surface area contributed by atoms with E-state index >= 15 is 0 Å². The first-order valence-electron chi connectivity index (χ1n) is 7.28. The van der Waals surface area contributed by atoms with E-state index in [1.807, 2.05) is 18.2 Å². The van der Waals surface area contributed by atoms with Crippen LogP contribution in [0.5, 0.6) is 0 Å². The zero-order chi connectivity index (χ0) is 15.9. The van der Waals surface area contributed by atoms with Crippen LogP contribution in [-0.4, -0.2) is 38.6 Å². The number of methoxy groups -OCH3 is 1. The number of likely N-dealkylation sites (N-methyl/N-ethyl adjacent to an activating group) is 1. The zero-order valence-electron chi connectivity index (χ0n) is 13.3. The number of hydrogen-bond donors (Lipinski definition) is 1. The minimum atomic E-state index is -0.321. The predicted octanol–water partition coefficient (Wildman–Crippen LogP) is 3.32. The Morgan fingerprint density at radius 3 is 2.41 bits per heavy atom. The fourth-order valence-corrected chi connectivity index (χ4v) is 2.17. The van der Waals surface area contributed by atoms with Gasteiger partial charge < -0.3 is 15.0 Å². The summed E-state index contributed by atoms with van der Waals surface area (Å²) in [7, 11) is 5.53. The maximum absolute atomic E-state index is 11.4. The molecule has 0 atom stereocenters. The summed E-state index contributed by atoms with van der Waals surface area (Å²) in [6.07, 6.45) is 0.983. The van der Waals surface area contributed by atoms with Gasteiger partial charge in [0, 0.05) is 17.9 Å². The molecule has 2 aromatic carbocycles. The Morgan fingerprint density at radius 2 is 1.77 bits per heavy atom. The number of nitrogens with one attached hydrogen (secondary N) is 1. The summed E-state index contributed by atoms with van der Waals surface area (Å²) in [5.41, 5.74) is 3.86. The van der Waals surface area contributed by atoms with Crippen molar-refractivity contribution < 1.29 is 9.53 Å². The zero-order valence-corrected chi connectivity index (χ0v) is 13.3. The number of carbonyl (C=O) groups excluding carboxylic acids is 1. The summed E-state index contributed by atoms with van der Waals surface area (Å²) in [6, 6.07) is 15.6. The number of nitrogens with zero attached hydrogens (tertiary/aromatic N) is 1. The first kappa shape index (κ1) is 16.0. The third kappa shape index (κ3) is 4.33. The molecule has 4 heteroatoms. The van der Waals surface area contributed by atoms with Gasteiger partial charge in [0.2, 0.25) is 0 Å². The van der Waals surface area contributed by atoms with Gasteiger partial charge in [0.1, 0.15) is 0 Å². The van der Waals surface area contributed by atoms with Crippen molar-refractivity contribution in [1.29, 1.82) is 0 Å². The molecule has 0 heterocycles. The predicted molar refractivity (Wildman–Crippen MR) is 89.8 cm³/mol. The SMILES string of the molecule is COC(=O)c1ccc(Nc2ccccc2CCN(C)C)cc1. The van der Waals surface area contributed by atoms with Crippen molar-refractivity contribution in [3.05, 3.63) is 59.7 Å². The standard InChI is InChI=1S/C18H22N2O2/c1-20(2)13-12-14-6-4-5-7-17(14)19-16-10-8-15(9-11-16)18(21)22-3/h4-11,19H,12-13H2,1-3H3. The van der Waals surface area contributed by atoms with Gasteiger partial charge in [-0.05, 0) is 56.4 Å². The lowest BCUT2D eigenvalue weighted by Gasteiger charge is -2.14. The van der Waals surface area contributed by atoms with Gasteiger partial charge in [0.05, 0.1) is 12.7 Å². The Labute approximate surface area is 131 Å². The highest BCUT2D eigenvalue weighted by Crippen LogP contribution is 2.22. The van der Waals surface area contributed by atoms with E-state index < -0.39 is 0 Å². The number of esters is 1. The van der Waals surface area contributed by atoms with E-state index in [2.05, 4.69) is 42.5 Å². The molecular weight excluding hydrogens is 276 g/mol. The molecule has 116 valence electrons. The van der Waals surface area contributed by atoms with Crippen molar-refractivity contribution in [2.24, 2.45) is 0 Å². The lowest BCUT2D eigenvalue weighted by molar-refractivity contribution is 0.0601. The summed E-state index contributed by atoms with van der Waals surface area (Å²) < 4.78 is 4.70. The minimum Gasteiger partial charge on any atom is -0.465 e. The summed E-state index contributed by atoms with van der Waals surface area (Å²) >= 11 is 0. The van der Waals surface area contributed by atoms with Crippen LogP contribution in [0.3, 0.4) is 0 Å². The molecule has 0 radical (unpaired) electrons. The van der Waals surface area contributed by atoms with Gasteiger partial charge in [-0.15, -0.1) is 0 Å². The Balaban J connectivity index is 2.11. The maximum Gasteiger partial charge on any atom is 0.337 e. The van der Waals surface area contributed by atoms with E-state index in [0.717, 1.165) is 24.3 Å². The third-order valence-electron chi connectivity index (χ3n) is 3.43. The van der Waals surface area contributed by atoms with E-state index in [9.17, 15) is 4.79 Å². The molecule has 0 saturated carbocycles. The van der Waals surface area contributed by atoms with Crippen LogP contribution in [0.1, 0.15) is 15.9 Å². The van der Waals surface area contributed by atoms with E-state index in [-0.39, 0.29) is 5.97 Å². The monoisotopic (exact) mass is 298 g/mol. The normalized spacial score (nSPS) is 10.5. The fraction of sp³-hybridized carbons (Fsp3) is 0.278. The summed E-state index contributed by atoms with van der Waals surface area (Å²) in [5, 5.41) is 3.41. The van der Waals surface area contributed by atoms with Crippen LogP contribution in [0.15, 0.2) is 48.5 Å². The molecule has 0 aliphatic rings. The molecule has 0 aliphatic carbocycles. The summed E-state index contributed by atoms with van der Waals surface area (Å²) in [6.45, 7) is 1.000. The number of carbonyl (C=O) groups is 1. The van der Waals surface area contributed by atoms with Gasteiger partial charge in [-0.1, -0.05) is 18.2 Å². The highest BCUT2D eigenvalue weighted by atomic mass is 16.5. The quantitative estimate of drug-likeness (QED) is 0.831. The molecule has 2 aromatic rings. The molecule has 0 saturated heterocycles. The second-order valence-electron chi connectivity index (χ2n) is 5.40. The number of ether oxygens (including phenoxy) is 1. The van der Waals surface area contributed by atoms with E-state index in [4.69, 9.17) is 4.74 Å². The lowest BCUT2D eigenvalue weighted by Crippen LogP contribution is -2.15. The minimum absolute atomic E-state index is 0.321. The molecule has 0 unspecified atom stereocenters. The Kier molecular flexibility index (Phi) is 5.55. The van der Waals surface area contributed by atoms with Gasteiger partial charge in [0.25, 0.3) is 0 Å². The highest BCUT2D eigenvalue weighted by molar-refractivity contribution is 5.89. The molecule has 0 amide bonds. The second-order valence-corrected chi connectivity index (χ2v) is 5.40. The van der Waals surface area contributed by atoms with Crippen molar-refractivity contribution in [2.45, 2.75) is 6.42 Å². The molecule has 0 aliphatic heterocycles. The van der Waals surface area contributed by atoms with E-state index in [1.165, 1.54) is 12.7 Å². The van der Waals surface area contributed by atoms with Crippen LogP contribution in [0.4, 0.5) is 11.4 Å². The van der Waals surface area contributed by atoms with Gasteiger partial charge in [-0.2, -0.15) is 0 Å².